The molecule has 256 valence electrons. The van der Waals surface area contributed by atoms with Gasteiger partial charge in [0.05, 0.1) is 18.2 Å². The van der Waals surface area contributed by atoms with Crippen molar-refractivity contribution in [2.75, 3.05) is 13.1 Å². The van der Waals surface area contributed by atoms with E-state index in [1.54, 1.807) is 0 Å². The second-order valence-corrected chi connectivity index (χ2v) is 14.5. The van der Waals surface area contributed by atoms with Gasteiger partial charge in [0.1, 0.15) is 0 Å². The molecule has 0 aromatic heterocycles. The fraction of sp³-hybridized carbons (Fsp3) is 0.209. The Morgan fingerprint density at radius 1 is 0.745 bits per heavy atom. The maximum absolute atomic E-state index is 7.15. The van der Waals surface area contributed by atoms with E-state index in [-0.39, 0.29) is 6.04 Å². The zero-order valence-electron chi connectivity index (χ0n) is 28.6. The highest BCUT2D eigenvalue weighted by Crippen LogP contribution is 2.57. The zero-order valence-corrected chi connectivity index (χ0v) is 30.1. The second kappa shape index (κ2) is 13.3. The summed E-state index contributed by atoms with van der Waals surface area (Å²) in [5.41, 5.74) is 7.53. The lowest BCUT2D eigenvalue weighted by Crippen LogP contribution is -2.69. The van der Waals surface area contributed by atoms with Gasteiger partial charge in [-0.3, -0.25) is 4.90 Å². The lowest BCUT2D eigenvalue weighted by atomic mass is 9.68. The molecule has 6 nitrogen and oxygen atoms in total. The Labute approximate surface area is 308 Å². The van der Waals surface area contributed by atoms with E-state index in [9.17, 15) is 0 Å². The summed E-state index contributed by atoms with van der Waals surface area (Å²) in [6.45, 7) is 7.34. The number of piperidine rings is 1. The number of hydrogen-bond acceptors (Lipinski definition) is 6. The molecule has 0 radical (unpaired) electrons. The molecule has 8 heteroatoms. The number of rotatable bonds is 6. The van der Waals surface area contributed by atoms with Crippen LogP contribution in [0.15, 0.2) is 143 Å². The first-order chi connectivity index (χ1) is 24.7. The minimum atomic E-state index is -1.51. The van der Waals surface area contributed by atoms with E-state index in [1.165, 1.54) is 5.56 Å². The van der Waals surface area contributed by atoms with Crippen LogP contribution < -0.4 is 0 Å². The molecule has 4 atom stereocenters. The van der Waals surface area contributed by atoms with Crippen molar-refractivity contribution >= 4 is 40.9 Å². The number of oxime groups is 2. The lowest BCUT2D eigenvalue weighted by Gasteiger charge is -2.52. The molecule has 0 N–H and O–H groups in total. The van der Waals surface area contributed by atoms with Crippen LogP contribution in [0.5, 0.6) is 0 Å². The number of likely N-dealkylation sites (tertiary alicyclic amines) is 1. The summed E-state index contributed by atoms with van der Waals surface area (Å²) in [4.78, 5) is 16.1. The second-order valence-electron chi connectivity index (χ2n) is 13.6. The van der Waals surface area contributed by atoms with Crippen LogP contribution in [0.2, 0.25) is 10.0 Å². The van der Waals surface area contributed by atoms with E-state index in [1.807, 2.05) is 54.6 Å². The molecule has 3 heterocycles. The first-order valence-corrected chi connectivity index (χ1v) is 17.9. The fourth-order valence-corrected chi connectivity index (χ4v) is 7.75. The van der Waals surface area contributed by atoms with Gasteiger partial charge < -0.3 is 14.4 Å². The van der Waals surface area contributed by atoms with Crippen LogP contribution >= 0.6 is 23.2 Å². The van der Waals surface area contributed by atoms with Gasteiger partial charge in [0.15, 0.2) is 0 Å². The molecule has 51 heavy (non-hydrogen) atoms. The van der Waals surface area contributed by atoms with Gasteiger partial charge in [-0.15, -0.1) is 0 Å². The zero-order chi connectivity index (χ0) is 35.2. The average Bonchev–Trinajstić information content (AvgIpc) is 3.76. The molecule has 1 saturated heterocycles. The van der Waals surface area contributed by atoms with Crippen molar-refractivity contribution in [2.45, 2.75) is 44.1 Å². The summed E-state index contributed by atoms with van der Waals surface area (Å²) in [5, 5.41) is 10.9. The van der Waals surface area contributed by atoms with Gasteiger partial charge in [0, 0.05) is 39.3 Å². The first-order valence-electron chi connectivity index (χ1n) is 17.1. The van der Waals surface area contributed by atoms with E-state index < -0.39 is 17.3 Å². The van der Waals surface area contributed by atoms with Crippen molar-refractivity contribution < 1.29 is 14.4 Å². The summed E-state index contributed by atoms with van der Waals surface area (Å²) in [7, 11) is 0. The van der Waals surface area contributed by atoms with Crippen molar-refractivity contribution in [3.63, 3.8) is 0 Å². The summed E-state index contributed by atoms with van der Waals surface area (Å²) in [6.07, 6.45) is 2.16. The summed E-state index contributed by atoms with van der Waals surface area (Å²) < 4.78 is 7.15. The monoisotopic (exact) mass is 713 g/mol. The third-order valence-corrected chi connectivity index (χ3v) is 10.7. The van der Waals surface area contributed by atoms with Crippen LogP contribution in [0.25, 0.3) is 6.08 Å². The van der Waals surface area contributed by atoms with Gasteiger partial charge in [-0.25, -0.2) is 0 Å². The SMILES string of the molecule is Cc1ccc([C@H]2C(c3ccc(Cl)cc3)=NO[C@@]23CN([C@H](C)c2ccccc2)C/C(=C\c2cccc(C)c2)[C@@]32ON=C(c3ccc(Cl)cc3)O2)cc1. The maximum atomic E-state index is 7.15. The van der Waals surface area contributed by atoms with Gasteiger partial charge in [-0.05, 0) is 85.1 Å². The van der Waals surface area contributed by atoms with Crippen LogP contribution in [0, 0.1) is 13.8 Å². The van der Waals surface area contributed by atoms with Gasteiger partial charge >= 0.3 is 5.79 Å². The van der Waals surface area contributed by atoms with Gasteiger partial charge in [-0.1, -0.05) is 130 Å². The normalized spacial score (nSPS) is 24.2. The van der Waals surface area contributed by atoms with E-state index in [2.05, 4.69) is 110 Å². The van der Waals surface area contributed by atoms with E-state index in [4.69, 9.17) is 42.8 Å². The highest BCUT2D eigenvalue weighted by Gasteiger charge is 2.74. The molecule has 3 aliphatic rings. The van der Waals surface area contributed by atoms with Gasteiger partial charge in [0.25, 0.3) is 5.90 Å². The summed E-state index contributed by atoms with van der Waals surface area (Å²) in [6, 6.07) is 42.6. The molecule has 5 aromatic rings. The molecule has 1 fully saturated rings. The molecule has 0 saturated carbocycles. The molecular weight excluding hydrogens is 677 g/mol. The molecule has 2 spiro atoms. The lowest BCUT2D eigenvalue weighted by molar-refractivity contribution is -0.279. The molecule has 0 bridgehead atoms. The van der Waals surface area contributed by atoms with Crippen molar-refractivity contribution in [1.82, 2.24) is 4.90 Å². The Bertz CT molecular complexity index is 2150. The highest BCUT2D eigenvalue weighted by molar-refractivity contribution is 6.31. The summed E-state index contributed by atoms with van der Waals surface area (Å²) >= 11 is 12.7. The van der Waals surface area contributed by atoms with Crippen LogP contribution in [-0.2, 0) is 14.4 Å². The van der Waals surface area contributed by atoms with Crippen LogP contribution in [-0.4, -0.2) is 41.0 Å². The third-order valence-electron chi connectivity index (χ3n) is 10.2. The average molecular weight is 715 g/mol. The van der Waals surface area contributed by atoms with Crippen LogP contribution in [0.3, 0.4) is 0 Å². The Kier molecular flexibility index (Phi) is 8.71. The maximum Gasteiger partial charge on any atom is 0.346 e. The van der Waals surface area contributed by atoms with E-state index in [0.29, 0.717) is 29.0 Å². The Hall–Kier alpha value is -4.88. The number of halogens is 2. The Morgan fingerprint density at radius 2 is 1.43 bits per heavy atom. The first kappa shape index (κ1) is 33.3. The predicted molar refractivity (Wildman–Crippen MR) is 204 cm³/mol. The minimum absolute atomic E-state index is 0.0150. The number of nitrogens with zero attached hydrogens (tertiary/aromatic N) is 3. The molecule has 5 aromatic carbocycles. The number of ether oxygens (including phenoxy) is 1. The van der Waals surface area contributed by atoms with Crippen molar-refractivity contribution in [1.29, 1.82) is 0 Å². The molecule has 0 amide bonds. The highest BCUT2D eigenvalue weighted by atomic mass is 35.5. The topological polar surface area (TPSA) is 55.7 Å². The molecular formula is C43H37Cl2N3O3. The van der Waals surface area contributed by atoms with Crippen LogP contribution in [0.4, 0.5) is 0 Å². The van der Waals surface area contributed by atoms with E-state index >= 15 is 0 Å². The van der Waals surface area contributed by atoms with Crippen molar-refractivity contribution in [3.05, 3.63) is 182 Å². The summed E-state index contributed by atoms with van der Waals surface area (Å²) in [5.74, 6) is -1.60. The van der Waals surface area contributed by atoms with Crippen molar-refractivity contribution in [2.24, 2.45) is 10.3 Å². The van der Waals surface area contributed by atoms with Gasteiger partial charge in [0.2, 0.25) is 5.60 Å². The van der Waals surface area contributed by atoms with Crippen LogP contribution in [0.1, 0.15) is 57.8 Å². The number of hydrogen-bond donors (Lipinski definition) is 0. The number of fused-ring (bicyclic) bond motifs is 1. The quantitative estimate of drug-likeness (QED) is 0.176. The number of benzene rings is 5. The predicted octanol–water partition coefficient (Wildman–Crippen LogP) is 10.1. The molecule has 0 aliphatic carbocycles. The Morgan fingerprint density at radius 3 is 2.12 bits per heavy atom. The van der Waals surface area contributed by atoms with Gasteiger partial charge in [-0.2, -0.15) is 0 Å². The smallest absolute Gasteiger partial charge is 0.346 e. The van der Waals surface area contributed by atoms with Crippen molar-refractivity contribution in [3.8, 4) is 0 Å². The largest absolute Gasteiger partial charge is 0.422 e. The molecule has 0 unspecified atom stereocenters. The fourth-order valence-electron chi connectivity index (χ4n) is 7.50. The minimum Gasteiger partial charge on any atom is -0.422 e. The third kappa shape index (κ3) is 6.01. The Balaban J connectivity index is 1.36. The molecule has 8 rings (SSSR count). The molecule has 3 aliphatic heterocycles. The standard InChI is InChI=1S/C43H37Cl2N3O3/c1-28-12-14-33(15-13-28)39-40(34-16-20-37(44)21-17-34)46-50-42(39)27-48(30(3)32-10-5-4-6-11-32)26-36(25-31-9-7-8-29(2)24-31)43(42)49-41(47-51-43)35-18-22-38(45)23-19-35/h4-25,30,39H,26-27H2,1-3H3/b36-25+/t30-,39+,42+,43-/m1/s1. The number of aryl methyl sites for hydroxylation is 2. The van der Waals surface area contributed by atoms with E-state index in [0.717, 1.165) is 44.7 Å².